The van der Waals surface area contributed by atoms with Crippen molar-refractivity contribution in [2.75, 3.05) is 32.6 Å². The molecule has 1 aromatic heterocycles. The summed E-state index contributed by atoms with van der Waals surface area (Å²) in [5.41, 5.74) is 2.02. The number of hydrogen-bond acceptors (Lipinski definition) is 4. The van der Waals surface area contributed by atoms with Crippen molar-refractivity contribution in [1.82, 2.24) is 14.9 Å². The molecular formula is C18H25N3O2S. The average molecular weight is 347 g/mol. The Morgan fingerprint density at radius 3 is 3.12 bits per heavy atom. The highest BCUT2D eigenvalue weighted by Crippen LogP contribution is 2.28. The van der Waals surface area contributed by atoms with E-state index in [1.165, 1.54) is 0 Å². The number of likely N-dealkylation sites (tertiary alicyclic amines) is 1. The first-order valence-electron chi connectivity index (χ1n) is 8.50. The Labute approximate surface area is 147 Å². The highest BCUT2D eigenvalue weighted by molar-refractivity contribution is 8.00. The van der Waals surface area contributed by atoms with Gasteiger partial charge in [-0.25, -0.2) is 4.98 Å². The molecule has 24 heavy (non-hydrogen) atoms. The van der Waals surface area contributed by atoms with Gasteiger partial charge in [-0.05, 0) is 37.8 Å². The monoisotopic (exact) mass is 347 g/mol. The molecular weight excluding hydrogens is 322 g/mol. The zero-order valence-corrected chi connectivity index (χ0v) is 15.1. The number of H-pyrrole nitrogens is 1. The Morgan fingerprint density at radius 1 is 1.50 bits per heavy atom. The summed E-state index contributed by atoms with van der Waals surface area (Å²) in [4.78, 5) is 22.5. The summed E-state index contributed by atoms with van der Waals surface area (Å²) in [5, 5.41) is 0.168. The van der Waals surface area contributed by atoms with Crippen molar-refractivity contribution < 1.29 is 9.53 Å². The van der Waals surface area contributed by atoms with Crippen molar-refractivity contribution in [1.29, 1.82) is 0 Å². The number of imidazole rings is 1. The molecule has 3 rings (SSSR count). The molecule has 1 aliphatic rings. The van der Waals surface area contributed by atoms with Crippen LogP contribution in [0.15, 0.2) is 24.3 Å². The second-order valence-corrected chi connectivity index (χ2v) is 7.72. The summed E-state index contributed by atoms with van der Waals surface area (Å²) >= 11 is 1.64. The van der Waals surface area contributed by atoms with E-state index in [1.807, 2.05) is 29.2 Å². The van der Waals surface area contributed by atoms with Crippen LogP contribution in [0.25, 0.3) is 11.0 Å². The lowest BCUT2D eigenvalue weighted by Gasteiger charge is -2.32. The number of piperidine rings is 1. The minimum absolute atomic E-state index is 0.168. The smallest absolute Gasteiger partial charge is 0.232 e. The molecule has 1 aromatic carbocycles. The molecule has 0 spiro atoms. The number of amides is 1. The average Bonchev–Trinajstić information content (AvgIpc) is 3.04. The Morgan fingerprint density at radius 2 is 2.33 bits per heavy atom. The Balaban J connectivity index is 1.53. The first kappa shape index (κ1) is 17.3. The molecule has 1 fully saturated rings. The molecule has 1 amide bonds. The maximum atomic E-state index is 12.5. The molecule has 1 saturated heterocycles. The van der Waals surface area contributed by atoms with Gasteiger partial charge in [-0.1, -0.05) is 12.1 Å². The standard InChI is InChI=1S/C18H25N3O2S/c1-13(18-19-15-7-3-4-8-16(15)20-18)24-12-17(22)21-9-5-6-14(10-21)11-23-2/h3-4,7-8,13-14H,5-6,9-12H2,1-2H3,(H,19,20)/t13-,14-/m1/s1. The van der Waals surface area contributed by atoms with Gasteiger partial charge >= 0.3 is 0 Å². The van der Waals surface area contributed by atoms with E-state index in [-0.39, 0.29) is 11.2 Å². The molecule has 0 unspecified atom stereocenters. The zero-order chi connectivity index (χ0) is 16.9. The summed E-state index contributed by atoms with van der Waals surface area (Å²) in [6.07, 6.45) is 2.23. The van der Waals surface area contributed by atoms with Crippen molar-refractivity contribution in [2.24, 2.45) is 5.92 Å². The van der Waals surface area contributed by atoms with Crippen molar-refractivity contribution in [3.63, 3.8) is 0 Å². The van der Waals surface area contributed by atoms with Gasteiger partial charge in [0.1, 0.15) is 5.82 Å². The number of thioether (sulfide) groups is 1. The predicted molar refractivity (Wildman–Crippen MR) is 98.1 cm³/mol. The van der Waals surface area contributed by atoms with Crippen LogP contribution in [-0.4, -0.2) is 53.3 Å². The molecule has 0 saturated carbocycles. The number of aromatic amines is 1. The van der Waals surface area contributed by atoms with E-state index in [0.717, 1.165) is 49.4 Å². The van der Waals surface area contributed by atoms with Crippen LogP contribution in [0.4, 0.5) is 0 Å². The van der Waals surface area contributed by atoms with Gasteiger partial charge in [0, 0.05) is 20.2 Å². The molecule has 6 heteroatoms. The van der Waals surface area contributed by atoms with Gasteiger partial charge in [0.05, 0.1) is 28.6 Å². The van der Waals surface area contributed by atoms with Crippen LogP contribution in [0.1, 0.15) is 30.8 Å². The van der Waals surface area contributed by atoms with Crippen LogP contribution in [-0.2, 0) is 9.53 Å². The topological polar surface area (TPSA) is 58.2 Å². The van der Waals surface area contributed by atoms with E-state index in [1.54, 1.807) is 18.9 Å². The Kier molecular flexibility index (Phi) is 5.79. The number of fused-ring (bicyclic) bond motifs is 1. The number of hydrogen-bond donors (Lipinski definition) is 1. The summed E-state index contributed by atoms with van der Waals surface area (Å²) in [6.45, 7) is 4.54. The number of carbonyl (C=O) groups is 1. The van der Waals surface area contributed by atoms with Gasteiger partial charge in [0.2, 0.25) is 5.91 Å². The third-order valence-electron chi connectivity index (χ3n) is 4.52. The van der Waals surface area contributed by atoms with Crippen LogP contribution in [0.5, 0.6) is 0 Å². The second-order valence-electron chi connectivity index (χ2n) is 6.40. The third-order valence-corrected chi connectivity index (χ3v) is 5.66. The molecule has 1 aliphatic heterocycles. The van der Waals surface area contributed by atoms with Crippen LogP contribution >= 0.6 is 11.8 Å². The van der Waals surface area contributed by atoms with Crippen molar-refractivity contribution >= 4 is 28.7 Å². The summed E-state index contributed by atoms with van der Waals surface area (Å²) in [6, 6.07) is 8.01. The number of carbonyl (C=O) groups excluding carboxylic acids is 1. The zero-order valence-electron chi connectivity index (χ0n) is 14.3. The van der Waals surface area contributed by atoms with E-state index in [2.05, 4.69) is 16.9 Å². The number of nitrogens with one attached hydrogen (secondary N) is 1. The van der Waals surface area contributed by atoms with Crippen LogP contribution < -0.4 is 0 Å². The van der Waals surface area contributed by atoms with Gasteiger partial charge in [-0.2, -0.15) is 0 Å². The van der Waals surface area contributed by atoms with Gasteiger partial charge in [0.25, 0.3) is 0 Å². The normalized spacial score (nSPS) is 19.6. The van der Waals surface area contributed by atoms with E-state index >= 15 is 0 Å². The van der Waals surface area contributed by atoms with Crippen molar-refractivity contribution in [2.45, 2.75) is 25.0 Å². The first-order valence-corrected chi connectivity index (χ1v) is 9.55. The molecule has 2 atom stereocenters. The third kappa shape index (κ3) is 4.11. The quantitative estimate of drug-likeness (QED) is 0.871. The molecule has 0 aliphatic carbocycles. The van der Waals surface area contributed by atoms with Gasteiger partial charge in [-0.3, -0.25) is 4.79 Å². The van der Waals surface area contributed by atoms with Crippen LogP contribution in [0.2, 0.25) is 0 Å². The minimum atomic E-state index is 0.168. The number of ether oxygens (including phenoxy) is 1. The molecule has 130 valence electrons. The van der Waals surface area contributed by atoms with E-state index in [9.17, 15) is 4.79 Å². The molecule has 5 nitrogen and oxygen atoms in total. The predicted octanol–water partition coefficient (Wildman–Crippen LogP) is 3.24. The summed E-state index contributed by atoms with van der Waals surface area (Å²) in [5.74, 6) is 2.14. The maximum Gasteiger partial charge on any atom is 0.232 e. The van der Waals surface area contributed by atoms with Crippen molar-refractivity contribution in [3.8, 4) is 0 Å². The van der Waals surface area contributed by atoms with E-state index in [0.29, 0.717) is 11.7 Å². The van der Waals surface area contributed by atoms with E-state index < -0.39 is 0 Å². The summed E-state index contributed by atoms with van der Waals surface area (Å²) < 4.78 is 5.24. The molecule has 2 aromatic rings. The van der Waals surface area contributed by atoms with Crippen molar-refractivity contribution in [3.05, 3.63) is 30.1 Å². The summed E-state index contributed by atoms with van der Waals surface area (Å²) in [7, 11) is 1.73. The van der Waals surface area contributed by atoms with Gasteiger partial charge in [-0.15, -0.1) is 11.8 Å². The number of methoxy groups -OCH3 is 1. The second kappa shape index (κ2) is 8.03. The lowest BCUT2D eigenvalue weighted by molar-refractivity contribution is -0.130. The number of rotatable bonds is 6. The molecule has 1 N–H and O–H groups in total. The molecule has 0 bridgehead atoms. The highest BCUT2D eigenvalue weighted by Gasteiger charge is 2.24. The van der Waals surface area contributed by atoms with Gasteiger partial charge in [0.15, 0.2) is 0 Å². The molecule has 2 heterocycles. The lowest BCUT2D eigenvalue weighted by atomic mass is 9.99. The van der Waals surface area contributed by atoms with Crippen LogP contribution in [0.3, 0.4) is 0 Å². The Hall–Kier alpha value is -1.53. The fourth-order valence-corrected chi connectivity index (χ4v) is 4.04. The highest BCUT2D eigenvalue weighted by atomic mass is 32.2. The number of benzene rings is 1. The fraction of sp³-hybridized carbons (Fsp3) is 0.556. The number of nitrogens with zero attached hydrogens (tertiary/aromatic N) is 2. The Bertz CT molecular complexity index is 653. The SMILES string of the molecule is COC[C@@H]1CCCN(C(=O)CS[C@H](C)c2nc3ccccc3[nH]2)C1. The number of aromatic nitrogens is 2. The molecule has 0 radical (unpaired) electrons. The van der Waals surface area contributed by atoms with Crippen LogP contribution in [0, 0.1) is 5.92 Å². The maximum absolute atomic E-state index is 12.5. The fourth-order valence-electron chi connectivity index (χ4n) is 3.19. The van der Waals surface area contributed by atoms with E-state index in [4.69, 9.17) is 4.74 Å². The largest absolute Gasteiger partial charge is 0.384 e. The lowest BCUT2D eigenvalue weighted by Crippen LogP contribution is -2.42. The van der Waals surface area contributed by atoms with Gasteiger partial charge < -0.3 is 14.6 Å². The number of para-hydroxylation sites is 2. The first-order chi connectivity index (χ1) is 11.7. The minimum Gasteiger partial charge on any atom is -0.384 e.